The minimum atomic E-state index is -4.20. The first-order valence-corrected chi connectivity index (χ1v) is 8.02. The molecule has 1 aromatic heterocycles. The molecule has 0 amide bonds. The summed E-state index contributed by atoms with van der Waals surface area (Å²) in [5.41, 5.74) is -1.76. The van der Waals surface area contributed by atoms with E-state index in [4.69, 9.17) is 20.2 Å². The Kier molecular flexibility index (Phi) is 6.40. The largest absolute Gasteiger partial charge is 0.385 e. The number of hydrogen-bond acceptors (Lipinski definition) is 6. The van der Waals surface area contributed by atoms with Gasteiger partial charge in [-0.1, -0.05) is 0 Å². The van der Waals surface area contributed by atoms with Crippen LogP contribution in [0.3, 0.4) is 0 Å². The number of nitrogens with zero attached hydrogens (tertiary/aromatic N) is 1. The van der Waals surface area contributed by atoms with E-state index in [1.165, 1.54) is 0 Å². The second kappa shape index (κ2) is 7.58. The molecule has 0 saturated heterocycles. The lowest BCUT2D eigenvalue weighted by Gasteiger charge is -2.07. The van der Waals surface area contributed by atoms with Crippen LogP contribution >= 0.6 is 10.7 Å². The van der Waals surface area contributed by atoms with E-state index in [2.05, 4.69) is 0 Å². The highest BCUT2D eigenvalue weighted by Crippen LogP contribution is 2.07. The van der Waals surface area contributed by atoms with Crippen molar-refractivity contribution in [3.63, 3.8) is 0 Å². The van der Waals surface area contributed by atoms with Crippen LogP contribution in [-0.4, -0.2) is 44.9 Å². The van der Waals surface area contributed by atoms with Crippen molar-refractivity contribution in [2.45, 2.75) is 17.9 Å². The van der Waals surface area contributed by atoms with Gasteiger partial charge in [0.2, 0.25) is 0 Å². The molecule has 1 N–H and O–H groups in total. The van der Waals surface area contributed by atoms with Gasteiger partial charge in [-0.3, -0.25) is 14.3 Å². The third-order valence-corrected chi connectivity index (χ3v) is 3.67. The zero-order valence-electron chi connectivity index (χ0n) is 10.8. The van der Waals surface area contributed by atoms with E-state index < -0.39 is 25.2 Å². The first-order chi connectivity index (χ1) is 9.36. The Labute approximate surface area is 119 Å². The monoisotopic (exact) mass is 326 g/mol. The normalized spacial score (nSPS) is 11.7. The van der Waals surface area contributed by atoms with Gasteiger partial charge in [0.05, 0.1) is 13.2 Å². The smallest absolute Gasteiger partial charge is 0.328 e. The lowest BCUT2D eigenvalue weighted by Crippen LogP contribution is -2.33. The number of aromatic amines is 1. The zero-order chi connectivity index (χ0) is 15.2. The van der Waals surface area contributed by atoms with E-state index in [9.17, 15) is 18.0 Å². The van der Waals surface area contributed by atoms with E-state index in [0.717, 1.165) is 10.8 Å². The van der Waals surface area contributed by atoms with Crippen molar-refractivity contribution in [1.82, 2.24) is 9.55 Å². The molecule has 0 bridgehead atoms. The van der Waals surface area contributed by atoms with Crippen molar-refractivity contribution in [2.75, 3.05) is 26.9 Å². The maximum absolute atomic E-state index is 11.5. The highest BCUT2D eigenvalue weighted by atomic mass is 35.7. The van der Waals surface area contributed by atoms with Crippen molar-refractivity contribution in [3.05, 3.63) is 27.0 Å². The minimum absolute atomic E-state index is 0.0992. The summed E-state index contributed by atoms with van der Waals surface area (Å²) in [7, 11) is 2.47. The van der Waals surface area contributed by atoms with Gasteiger partial charge in [-0.2, -0.15) is 0 Å². The molecular formula is C10H15ClN2O6S. The third-order valence-electron chi connectivity index (χ3n) is 2.35. The van der Waals surface area contributed by atoms with Crippen molar-refractivity contribution < 1.29 is 17.9 Å². The van der Waals surface area contributed by atoms with Crippen molar-refractivity contribution in [2.24, 2.45) is 0 Å². The number of H-pyrrole nitrogens is 1. The average molecular weight is 327 g/mol. The van der Waals surface area contributed by atoms with Crippen LogP contribution in [0.2, 0.25) is 0 Å². The van der Waals surface area contributed by atoms with Gasteiger partial charge in [0.15, 0.2) is 4.90 Å². The topological polar surface area (TPSA) is 107 Å². The number of ether oxygens (including phenoxy) is 2. The van der Waals surface area contributed by atoms with Crippen LogP contribution in [0.1, 0.15) is 6.42 Å². The number of hydrogen-bond donors (Lipinski definition) is 1. The van der Waals surface area contributed by atoms with E-state index in [0.29, 0.717) is 19.6 Å². The van der Waals surface area contributed by atoms with Gasteiger partial charge in [-0.15, -0.1) is 0 Å². The van der Waals surface area contributed by atoms with Crippen LogP contribution in [-0.2, 0) is 25.1 Å². The SMILES string of the molecule is COCCCOCCn1cc(S(=O)(=O)Cl)c(=O)[nH]c1=O. The lowest BCUT2D eigenvalue weighted by molar-refractivity contribution is 0.0969. The zero-order valence-corrected chi connectivity index (χ0v) is 12.4. The fourth-order valence-corrected chi connectivity index (χ4v) is 2.25. The summed E-state index contributed by atoms with van der Waals surface area (Å²) in [6.45, 7) is 1.30. The summed E-state index contributed by atoms with van der Waals surface area (Å²) in [6, 6.07) is 0. The first-order valence-electron chi connectivity index (χ1n) is 5.71. The molecular weight excluding hydrogens is 312 g/mol. The molecule has 0 aliphatic carbocycles. The quantitative estimate of drug-likeness (QED) is 0.510. The lowest BCUT2D eigenvalue weighted by atomic mass is 10.5. The maximum atomic E-state index is 11.5. The Morgan fingerprint density at radius 2 is 2.00 bits per heavy atom. The van der Waals surface area contributed by atoms with E-state index in [1.54, 1.807) is 7.11 Å². The molecule has 10 heteroatoms. The van der Waals surface area contributed by atoms with Crippen LogP contribution in [0.15, 0.2) is 20.7 Å². The van der Waals surface area contributed by atoms with Crippen LogP contribution < -0.4 is 11.2 Å². The molecule has 1 aromatic rings. The standard InChI is InChI=1S/C10H15ClN2O6S/c1-18-4-2-5-19-6-3-13-7-8(20(11,16)17)9(14)12-10(13)15/h7H,2-6H2,1H3,(H,12,14,15). The minimum Gasteiger partial charge on any atom is -0.385 e. The Morgan fingerprint density at radius 3 is 2.60 bits per heavy atom. The van der Waals surface area contributed by atoms with Crippen LogP contribution in [0.4, 0.5) is 0 Å². The van der Waals surface area contributed by atoms with Crippen molar-refractivity contribution in [3.8, 4) is 0 Å². The summed E-state index contributed by atoms with van der Waals surface area (Å²) >= 11 is 0. The fourth-order valence-electron chi connectivity index (χ4n) is 1.40. The van der Waals surface area contributed by atoms with Gasteiger partial charge in [-0.25, -0.2) is 13.2 Å². The summed E-state index contributed by atoms with van der Waals surface area (Å²) in [4.78, 5) is 24.0. The summed E-state index contributed by atoms with van der Waals surface area (Å²) in [5, 5.41) is 0. The Balaban J connectivity index is 2.72. The molecule has 20 heavy (non-hydrogen) atoms. The molecule has 1 rings (SSSR count). The first kappa shape index (κ1) is 16.9. The summed E-state index contributed by atoms with van der Waals surface area (Å²) < 4.78 is 33.4. The molecule has 0 saturated carbocycles. The van der Waals surface area contributed by atoms with Crippen LogP contribution in [0.25, 0.3) is 0 Å². The van der Waals surface area contributed by atoms with Gasteiger partial charge in [0, 0.05) is 37.2 Å². The second-order valence-electron chi connectivity index (χ2n) is 3.84. The molecule has 0 spiro atoms. The van der Waals surface area contributed by atoms with Gasteiger partial charge in [0.1, 0.15) is 0 Å². The fraction of sp³-hybridized carbons (Fsp3) is 0.600. The predicted octanol–water partition coefficient (Wildman–Crippen LogP) is -0.483. The van der Waals surface area contributed by atoms with Gasteiger partial charge >= 0.3 is 5.69 Å². The molecule has 8 nitrogen and oxygen atoms in total. The number of rotatable bonds is 8. The van der Waals surface area contributed by atoms with E-state index >= 15 is 0 Å². The number of nitrogens with one attached hydrogen (secondary N) is 1. The van der Waals surface area contributed by atoms with E-state index in [-0.39, 0.29) is 13.2 Å². The average Bonchev–Trinajstić information content (AvgIpc) is 2.34. The highest BCUT2D eigenvalue weighted by Gasteiger charge is 2.17. The summed E-state index contributed by atoms with van der Waals surface area (Å²) in [6.07, 6.45) is 1.61. The molecule has 0 atom stereocenters. The molecule has 0 aliphatic heterocycles. The Morgan fingerprint density at radius 1 is 1.30 bits per heavy atom. The molecule has 0 radical (unpaired) electrons. The highest BCUT2D eigenvalue weighted by molar-refractivity contribution is 8.13. The molecule has 0 aliphatic rings. The maximum Gasteiger partial charge on any atom is 0.328 e. The number of halogens is 1. The predicted molar refractivity (Wildman–Crippen MR) is 71.7 cm³/mol. The number of methoxy groups -OCH3 is 1. The Hall–Kier alpha value is -1.16. The van der Waals surface area contributed by atoms with E-state index in [1.807, 2.05) is 4.98 Å². The van der Waals surface area contributed by atoms with Gasteiger partial charge < -0.3 is 9.47 Å². The third kappa shape index (κ3) is 5.08. The summed E-state index contributed by atoms with van der Waals surface area (Å²) in [5.74, 6) is 0. The van der Waals surface area contributed by atoms with Crippen molar-refractivity contribution >= 4 is 19.7 Å². The molecule has 114 valence electrons. The second-order valence-corrected chi connectivity index (χ2v) is 6.38. The Bertz CT molecular complexity index is 650. The van der Waals surface area contributed by atoms with Crippen molar-refractivity contribution in [1.29, 1.82) is 0 Å². The van der Waals surface area contributed by atoms with Crippen LogP contribution in [0, 0.1) is 0 Å². The molecule has 0 fully saturated rings. The molecule has 0 unspecified atom stereocenters. The molecule has 0 aromatic carbocycles. The van der Waals surface area contributed by atoms with Gasteiger partial charge in [-0.05, 0) is 6.42 Å². The number of aromatic nitrogens is 2. The van der Waals surface area contributed by atoms with Gasteiger partial charge in [0.25, 0.3) is 14.6 Å². The van der Waals surface area contributed by atoms with Crippen LogP contribution in [0.5, 0.6) is 0 Å². The molecule has 1 heterocycles.